The van der Waals surface area contributed by atoms with Crippen molar-refractivity contribution in [2.24, 2.45) is 0 Å². The van der Waals surface area contributed by atoms with Crippen LogP contribution in [0.15, 0.2) is 18.2 Å². The molecular formula is C15H25NO4. The molecule has 20 heavy (non-hydrogen) atoms. The van der Waals surface area contributed by atoms with E-state index >= 15 is 0 Å². The molecular weight excluding hydrogens is 258 g/mol. The number of methoxy groups -OCH3 is 1. The van der Waals surface area contributed by atoms with Crippen molar-refractivity contribution in [2.45, 2.75) is 26.0 Å². The van der Waals surface area contributed by atoms with Crippen LogP contribution in [0.4, 0.5) is 0 Å². The first-order valence-electron chi connectivity index (χ1n) is 6.91. The Bertz CT molecular complexity index is 384. The molecule has 0 spiro atoms. The van der Waals surface area contributed by atoms with E-state index < -0.39 is 6.10 Å². The van der Waals surface area contributed by atoms with Crippen molar-refractivity contribution in [1.82, 2.24) is 5.32 Å². The standard InChI is InChI=1S/C15H25NO4/c1-4-7-19-14-6-5-12(9-16-2)15(8-14)20-11-13(17)10-18-3/h5-6,8,13,16-17H,4,7,9-11H2,1-3H3. The number of nitrogens with one attached hydrogen (secondary N) is 1. The van der Waals surface area contributed by atoms with Crippen LogP contribution in [0.3, 0.4) is 0 Å². The van der Waals surface area contributed by atoms with E-state index in [0.717, 1.165) is 23.5 Å². The second kappa shape index (κ2) is 9.58. The van der Waals surface area contributed by atoms with Crippen molar-refractivity contribution in [3.63, 3.8) is 0 Å². The number of rotatable bonds is 10. The second-order valence-electron chi connectivity index (χ2n) is 4.57. The third kappa shape index (κ3) is 5.77. The first-order chi connectivity index (χ1) is 9.71. The SMILES string of the molecule is CCCOc1ccc(CNC)c(OCC(O)COC)c1. The zero-order chi connectivity index (χ0) is 14.8. The summed E-state index contributed by atoms with van der Waals surface area (Å²) in [4.78, 5) is 0. The maximum absolute atomic E-state index is 9.65. The third-order valence-electron chi connectivity index (χ3n) is 2.67. The fourth-order valence-electron chi connectivity index (χ4n) is 1.74. The van der Waals surface area contributed by atoms with Gasteiger partial charge in [-0.05, 0) is 19.5 Å². The van der Waals surface area contributed by atoms with Crippen molar-refractivity contribution in [3.8, 4) is 11.5 Å². The molecule has 0 aliphatic rings. The lowest BCUT2D eigenvalue weighted by Gasteiger charge is -2.16. The summed E-state index contributed by atoms with van der Waals surface area (Å²) >= 11 is 0. The fourth-order valence-corrected chi connectivity index (χ4v) is 1.74. The molecule has 5 nitrogen and oxygen atoms in total. The Hall–Kier alpha value is -1.30. The monoisotopic (exact) mass is 283 g/mol. The second-order valence-corrected chi connectivity index (χ2v) is 4.57. The molecule has 0 aromatic heterocycles. The lowest BCUT2D eigenvalue weighted by molar-refractivity contribution is 0.0322. The molecule has 0 fully saturated rings. The van der Waals surface area contributed by atoms with Crippen molar-refractivity contribution in [1.29, 1.82) is 0 Å². The Labute approximate surface area is 120 Å². The van der Waals surface area contributed by atoms with Crippen molar-refractivity contribution in [2.75, 3.05) is 34.0 Å². The Morgan fingerprint density at radius 3 is 2.70 bits per heavy atom. The van der Waals surface area contributed by atoms with Crippen LogP contribution in [-0.2, 0) is 11.3 Å². The van der Waals surface area contributed by atoms with Gasteiger partial charge in [-0.15, -0.1) is 0 Å². The van der Waals surface area contributed by atoms with Crippen LogP contribution in [0, 0.1) is 0 Å². The minimum Gasteiger partial charge on any atom is -0.493 e. The predicted octanol–water partition coefficient (Wildman–Crippen LogP) is 1.58. The molecule has 0 saturated carbocycles. The number of aliphatic hydroxyl groups excluding tert-OH is 1. The normalized spacial score (nSPS) is 12.2. The molecule has 0 aliphatic carbocycles. The van der Waals surface area contributed by atoms with Crippen LogP contribution in [0.2, 0.25) is 0 Å². The predicted molar refractivity (Wildman–Crippen MR) is 78.4 cm³/mol. The molecule has 1 aromatic rings. The summed E-state index contributed by atoms with van der Waals surface area (Å²) in [5.74, 6) is 1.51. The van der Waals surface area contributed by atoms with Crippen LogP contribution >= 0.6 is 0 Å². The zero-order valence-electron chi connectivity index (χ0n) is 12.5. The summed E-state index contributed by atoms with van der Waals surface area (Å²) in [5.41, 5.74) is 1.03. The van der Waals surface area contributed by atoms with Gasteiger partial charge in [-0.25, -0.2) is 0 Å². The molecule has 5 heteroatoms. The van der Waals surface area contributed by atoms with Gasteiger partial charge in [-0.2, -0.15) is 0 Å². The van der Waals surface area contributed by atoms with Crippen LogP contribution in [0.5, 0.6) is 11.5 Å². The number of benzene rings is 1. The minimum atomic E-state index is -0.636. The average molecular weight is 283 g/mol. The maximum atomic E-state index is 9.65. The van der Waals surface area contributed by atoms with E-state index in [4.69, 9.17) is 14.2 Å². The van der Waals surface area contributed by atoms with Crippen molar-refractivity contribution >= 4 is 0 Å². The van der Waals surface area contributed by atoms with Crippen molar-refractivity contribution < 1.29 is 19.3 Å². The maximum Gasteiger partial charge on any atom is 0.127 e. The molecule has 0 amide bonds. The first-order valence-corrected chi connectivity index (χ1v) is 6.91. The van der Waals surface area contributed by atoms with Gasteiger partial charge < -0.3 is 24.6 Å². The topological polar surface area (TPSA) is 60.0 Å². The summed E-state index contributed by atoms with van der Waals surface area (Å²) < 4.78 is 16.1. The molecule has 1 atom stereocenters. The van der Waals surface area contributed by atoms with Gasteiger partial charge in [0, 0.05) is 25.3 Å². The lowest BCUT2D eigenvalue weighted by Crippen LogP contribution is -2.23. The van der Waals surface area contributed by atoms with Gasteiger partial charge in [0.15, 0.2) is 0 Å². The molecule has 0 aliphatic heterocycles. The van der Waals surface area contributed by atoms with E-state index in [-0.39, 0.29) is 13.2 Å². The quantitative estimate of drug-likeness (QED) is 0.683. The third-order valence-corrected chi connectivity index (χ3v) is 2.67. The number of aliphatic hydroxyl groups is 1. The lowest BCUT2D eigenvalue weighted by atomic mass is 10.2. The minimum absolute atomic E-state index is 0.196. The Kier molecular flexibility index (Phi) is 8.02. The smallest absolute Gasteiger partial charge is 0.127 e. The number of hydrogen-bond donors (Lipinski definition) is 2. The van der Waals surface area contributed by atoms with Crippen LogP contribution < -0.4 is 14.8 Å². The zero-order valence-corrected chi connectivity index (χ0v) is 12.5. The molecule has 1 aromatic carbocycles. The highest BCUT2D eigenvalue weighted by Crippen LogP contribution is 2.25. The summed E-state index contributed by atoms with van der Waals surface area (Å²) in [7, 11) is 3.43. The molecule has 1 unspecified atom stereocenters. The van der Waals surface area contributed by atoms with Gasteiger partial charge in [0.05, 0.1) is 13.2 Å². The summed E-state index contributed by atoms with van der Waals surface area (Å²) in [6, 6.07) is 5.77. The highest BCUT2D eigenvalue weighted by Gasteiger charge is 2.09. The Morgan fingerprint density at radius 2 is 2.05 bits per heavy atom. The van der Waals surface area contributed by atoms with Gasteiger partial charge in [0.2, 0.25) is 0 Å². The van der Waals surface area contributed by atoms with E-state index in [9.17, 15) is 5.11 Å². The van der Waals surface area contributed by atoms with Gasteiger partial charge in [0.1, 0.15) is 24.2 Å². The van der Waals surface area contributed by atoms with E-state index in [2.05, 4.69) is 12.2 Å². The molecule has 114 valence electrons. The average Bonchev–Trinajstić information content (AvgIpc) is 2.45. The van der Waals surface area contributed by atoms with Crippen molar-refractivity contribution in [3.05, 3.63) is 23.8 Å². The Balaban J connectivity index is 2.71. The summed E-state index contributed by atoms with van der Waals surface area (Å²) in [6.45, 7) is 3.89. The van der Waals surface area contributed by atoms with Crippen LogP contribution in [0.1, 0.15) is 18.9 Å². The molecule has 0 radical (unpaired) electrons. The van der Waals surface area contributed by atoms with E-state index in [1.807, 2.05) is 25.2 Å². The molecule has 1 rings (SSSR count). The van der Waals surface area contributed by atoms with E-state index in [0.29, 0.717) is 13.2 Å². The largest absolute Gasteiger partial charge is 0.493 e. The molecule has 2 N–H and O–H groups in total. The molecule has 0 heterocycles. The molecule has 0 saturated heterocycles. The van der Waals surface area contributed by atoms with Gasteiger partial charge in [0.25, 0.3) is 0 Å². The van der Waals surface area contributed by atoms with Gasteiger partial charge >= 0.3 is 0 Å². The van der Waals surface area contributed by atoms with E-state index in [1.54, 1.807) is 7.11 Å². The van der Waals surface area contributed by atoms with E-state index in [1.165, 1.54) is 0 Å². The van der Waals surface area contributed by atoms with Gasteiger partial charge in [-0.3, -0.25) is 0 Å². The molecule has 0 bridgehead atoms. The first kappa shape index (κ1) is 16.8. The van der Waals surface area contributed by atoms with Gasteiger partial charge in [-0.1, -0.05) is 13.0 Å². The van der Waals surface area contributed by atoms with Crippen LogP contribution in [-0.4, -0.2) is 45.2 Å². The number of ether oxygens (including phenoxy) is 3. The summed E-state index contributed by atoms with van der Waals surface area (Å²) in [6.07, 6.45) is 0.323. The Morgan fingerprint density at radius 1 is 1.25 bits per heavy atom. The highest BCUT2D eigenvalue weighted by atomic mass is 16.5. The fraction of sp³-hybridized carbons (Fsp3) is 0.600. The summed E-state index contributed by atoms with van der Waals surface area (Å²) in [5, 5.41) is 12.7. The highest BCUT2D eigenvalue weighted by molar-refractivity contribution is 5.40. The number of hydrogen-bond acceptors (Lipinski definition) is 5. The van der Waals surface area contributed by atoms with Crippen LogP contribution in [0.25, 0.3) is 0 Å².